The Kier molecular flexibility index (Phi) is 3.92. The van der Waals surface area contributed by atoms with Gasteiger partial charge in [0.2, 0.25) is 5.95 Å². The molecule has 2 aromatic heterocycles. The Morgan fingerprint density at radius 2 is 2.04 bits per heavy atom. The van der Waals surface area contributed by atoms with Crippen LogP contribution in [0.4, 0.5) is 5.95 Å². The van der Waals surface area contributed by atoms with Crippen LogP contribution in [0.3, 0.4) is 0 Å². The Labute approximate surface area is 160 Å². The van der Waals surface area contributed by atoms with Crippen molar-refractivity contribution in [3.05, 3.63) is 36.2 Å². The minimum atomic E-state index is 0.427. The fourth-order valence-corrected chi connectivity index (χ4v) is 5.24. The zero-order valence-corrected chi connectivity index (χ0v) is 16.3. The van der Waals surface area contributed by atoms with Crippen LogP contribution in [-0.2, 0) is 7.05 Å². The predicted molar refractivity (Wildman–Crippen MR) is 109 cm³/mol. The SMILES string of the molecule is CC(C)c1c2cc(-c3ccnc(N[C@H]4C[C@@H]5CCC4C5)n3)ccc2nn1C. The van der Waals surface area contributed by atoms with E-state index in [0.717, 1.165) is 34.6 Å². The van der Waals surface area contributed by atoms with Crippen LogP contribution < -0.4 is 5.32 Å². The number of hydrogen-bond donors (Lipinski definition) is 1. The topological polar surface area (TPSA) is 55.6 Å². The van der Waals surface area contributed by atoms with Gasteiger partial charge in [0.05, 0.1) is 11.2 Å². The number of hydrogen-bond acceptors (Lipinski definition) is 4. The molecule has 2 saturated carbocycles. The van der Waals surface area contributed by atoms with Crippen molar-refractivity contribution in [3.63, 3.8) is 0 Å². The van der Waals surface area contributed by atoms with E-state index in [2.05, 4.69) is 47.4 Å². The van der Waals surface area contributed by atoms with Crippen molar-refractivity contribution >= 4 is 16.9 Å². The Morgan fingerprint density at radius 3 is 2.78 bits per heavy atom. The molecule has 5 nitrogen and oxygen atoms in total. The highest BCUT2D eigenvalue weighted by molar-refractivity contribution is 5.86. The Balaban J connectivity index is 1.46. The van der Waals surface area contributed by atoms with E-state index in [1.807, 2.05) is 24.0 Å². The van der Waals surface area contributed by atoms with Gasteiger partial charge in [0.15, 0.2) is 0 Å². The van der Waals surface area contributed by atoms with Gasteiger partial charge < -0.3 is 5.32 Å². The summed E-state index contributed by atoms with van der Waals surface area (Å²) >= 11 is 0. The molecule has 140 valence electrons. The summed E-state index contributed by atoms with van der Waals surface area (Å²) in [5, 5.41) is 9.48. The summed E-state index contributed by atoms with van der Waals surface area (Å²) in [7, 11) is 2.02. The molecule has 2 bridgehead atoms. The van der Waals surface area contributed by atoms with Gasteiger partial charge in [-0.25, -0.2) is 9.97 Å². The molecule has 3 atom stereocenters. The molecular weight excluding hydrogens is 334 g/mol. The molecule has 2 aliphatic rings. The van der Waals surface area contributed by atoms with Crippen LogP contribution in [0.5, 0.6) is 0 Å². The zero-order valence-electron chi connectivity index (χ0n) is 16.3. The van der Waals surface area contributed by atoms with E-state index in [1.54, 1.807) is 0 Å². The molecule has 0 spiro atoms. The largest absolute Gasteiger partial charge is 0.351 e. The maximum absolute atomic E-state index is 4.83. The van der Waals surface area contributed by atoms with Crippen molar-refractivity contribution in [2.24, 2.45) is 18.9 Å². The van der Waals surface area contributed by atoms with E-state index in [9.17, 15) is 0 Å². The Hall–Kier alpha value is -2.43. The third-order valence-electron chi connectivity index (χ3n) is 6.43. The van der Waals surface area contributed by atoms with Crippen LogP contribution in [-0.4, -0.2) is 25.8 Å². The molecule has 0 amide bonds. The third kappa shape index (κ3) is 2.89. The second-order valence-electron chi connectivity index (χ2n) is 8.59. The van der Waals surface area contributed by atoms with Crippen molar-refractivity contribution < 1.29 is 0 Å². The normalized spacial score (nSPS) is 24.2. The maximum atomic E-state index is 4.83. The second-order valence-corrected chi connectivity index (χ2v) is 8.59. The molecule has 1 unspecified atom stereocenters. The summed E-state index contributed by atoms with van der Waals surface area (Å²) in [6.45, 7) is 4.43. The van der Waals surface area contributed by atoms with Crippen LogP contribution in [0.2, 0.25) is 0 Å². The lowest BCUT2D eigenvalue weighted by atomic mass is 9.95. The molecule has 0 aliphatic heterocycles. The minimum absolute atomic E-state index is 0.427. The molecule has 2 aliphatic carbocycles. The number of nitrogens with zero attached hydrogens (tertiary/aromatic N) is 4. The Bertz CT molecular complexity index is 990. The fourth-order valence-electron chi connectivity index (χ4n) is 5.24. The van der Waals surface area contributed by atoms with Crippen molar-refractivity contribution in [2.75, 3.05) is 5.32 Å². The first-order valence-electron chi connectivity index (χ1n) is 10.1. The molecule has 2 heterocycles. The molecule has 2 fully saturated rings. The van der Waals surface area contributed by atoms with Crippen molar-refractivity contribution in [1.82, 2.24) is 19.7 Å². The average Bonchev–Trinajstić information content (AvgIpc) is 3.34. The van der Waals surface area contributed by atoms with E-state index in [4.69, 9.17) is 4.98 Å². The van der Waals surface area contributed by atoms with Crippen molar-refractivity contribution in [1.29, 1.82) is 0 Å². The van der Waals surface area contributed by atoms with Gasteiger partial charge in [0, 0.05) is 35.9 Å². The van der Waals surface area contributed by atoms with Crippen LogP contribution in [0.15, 0.2) is 30.5 Å². The van der Waals surface area contributed by atoms with E-state index >= 15 is 0 Å². The highest BCUT2D eigenvalue weighted by Gasteiger charge is 2.39. The third-order valence-corrected chi connectivity index (χ3v) is 6.43. The Morgan fingerprint density at radius 1 is 1.15 bits per heavy atom. The molecule has 1 aromatic carbocycles. The first-order chi connectivity index (χ1) is 13.1. The lowest BCUT2D eigenvalue weighted by Gasteiger charge is -2.22. The summed E-state index contributed by atoms with van der Waals surface area (Å²) in [5.41, 5.74) is 4.40. The molecule has 3 aromatic rings. The summed E-state index contributed by atoms with van der Waals surface area (Å²) in [5.74, 6) is 2.91. The molecule has 1 N–H and O–H groups in total. The highest BCUT2D eigenvalue weighted by Crippen LogP contribution is 2.45. The number of aromatic nitrogens is 4. The van der Waals surface area contributed by atoms with Gasteiger partial charge in [-0.1, -0.05) is 26.3 Å². The minimum Gasteiger partial charge on any atom is -0.351 e. The van der Waals surface area contributed by atoms with Gasteiger partial charge in [-0.2, -0.15) is 5.10 Å². The van der Waals surface area contributed by atoms with Gasteiger partial charge in [-0.3, -0.25) is 4.68 Å². The molecule has 5 rings (SSSR count). The molecule has 0 radical (unpaired) electrons. The number of fused-ring (bicyclic) bond motifs is 3. The van der Waals surface area contributed by atoms with Crippen LogP contribution in [0, 0.1) is 11.8 Å². The molecule has 5 heteroatoms. The molecule has 0 saturated heterocycles. The van der Waals surface area contributed by atoms with Crippen LogP contribution in [0.25, 0.3) is 22.2 Å². The monoisotopic (exact) mass is 361 g/mol. The van der Waals surface area contributed by atoms with Crippen molar-refractivity contribution in [3.8, 4) is 11.3 Å². The standard InChI is InChI=1S/C22H27N5/c1-13(2)21-17-12-16(6-7-19(17)26-27(21)3)18-8-9-23-22(24-18)25-20-11-14-4-5-15(20)10-14/h6-9,12-15,20H,4-5,10-11H2,1-3H3,(H,23,24,25)/t14-,15?,20+/m1/s1. The van der Waals surface area contributed by atoms with Crippen LogP contribution in [0.1, 0.15) is 51.1 Å². The molecule has 27 heavy (non-hydrogen) atoms. The average molecular weight is 361 g/mol. The maximum Gasteiger partial charge on any atom is 0.223 e. The fraction of sp³-hybridized carbons (Fsp3) is 0.500. The smallest absolute Gasteiger partial charge is 0.223 e. The number of aryl methyl sites for hydroxylation is 1. The van der Waals surface area contributed by atoms with Gasteiger partial charge in [-0.05, 0) is 55.2 Å². The van der Waals surface area contributed by atoms with E-state index < -0.39 is 0 Å². The van der Waals surface area contributed by atoms with Gasteiger partial charge in [-0.15, -0.1) is 0 Å². The van der Waals surface area contributed by atoms with Gasteiger partial charge >= 0.3 is 0 Å². The van der Waals surface area contributed by atoms with Gasteiger partial charge in [0.1, 0.15) is 0 Å². The lowest BCUT2D eigenvalue weighted by Crippen LogP contribution is -2.26. The second kappa shape index (κ2) is 6.32. The highest BCUT2D eigenvalue weighted by atomic mass is 15.3. The summed E-state index contributed by atoms with van der Waals surface area (Å²) in [6, 6.07) is 8.98. The van der Waals surface area contributed by atoms with Crippen LogP contribution >= 0.6 is 0 Å². The quantitative estimate of drug-likeness (QED) is 0.728. The number of rotatable bonds is 4. The van der Waals surface area contributed by atoms with E-state index in [1.165, 1.54) is 36.8 Å². The lowest BCUT2D eigenvalue weighted by molar-refractivity contribution is 0.438. The number of benzene rings is 1. The van der Waals surface area contributed by atoms with E-state index in [0.29, 0.717) is 12.0 Å². The number of anilines is 1. The van der Waals surface area contributed by atoms with E-state index in [-0.39, 0.29) is 0 Å². The summed E-state index contributed by atoms with van der Waals surface area (Å²) in [6.07, 6.45) is 7.30. The first-order valence-corrected chi connectivity index (χ1v) is 10.1. The summed E-state index contributed by atoms with van der Waals surface area (Å²) in [4.78, 5) is 9.31. The first kappa shape index (κ1) is 16.7. The zero-order chi connectivity index (χ0) is 18.5. The molecular formula is C22H27N5. The number of nitrogens with one attached hydrogen (secondary N) is 1. The predicted octanol–water partition coefficient (Wildman–Crippen LogP) is 4.75. The van der Waals surface area contributed by atoms with Gasteiger partial charge in [0.25, 0.3) is 0 Å². The summed E-state index contributed by atoms with van der Waals surface area (Å²) < 4.78 is 2.00. The van der Waals surface area contributed by atoms with Crippen molar-refractivity contribution in [2.45, 2.75) is 51.5 Å².